The smallest absolute Gasteiger partial charge is 0.221 e. The molecule has 1 N–H and O–H groups in total. The summed E-state index contributed by atoms with van der Waals surface area (Å²) in [5, 5.41) is 2.85. The van der Waals surface area contributed by atoms with Gasteiger partial charge in [0.2, 0.25) is 5.91 Å². The molecule has 0 aromatic heterocycles. The monoisotopic (exact) mass is 257 g/mol. The molecule has 0 atom stereocenters. The van der Waals surface area contributed by atoms with Gasteiger partial charge in [-0.2, -0.15) is 0 Å². The normalized spacial score (nSPS) is 10.1. The molecule has 0 radical (unpaired) electrons. The third-order valence-electron chi connectivity index (χ3n) is 2.45. The molecule has 0 fully saturated rings. The standard InChI is InChI=1S/C15H15NOS/c1-11-7-9-13(10-8-11)18-15-6-4-3-5-14(15)16-12(2)17/h3-10H,1-2H3,(H,16,17). The van der Waals surface area contributed by atoms with E-state index in [0.29, 0.717) is 0 Å². The molecule has 2 rings (SSSR count). The Bertz CT molecular complexity index is 549. The summed E-state index contributed by atoms with van der Waals surface area (Å²) < 4.78 is 0. The number of para-hydroxylation sites is 1. The lowest BCUT2D eigenvalue weighted by Crippen LogP contribution is -2.06. The average Bonchev–Trinajstić information content (AvgIpc) is 2.34. The van der Waals surface area contributed by atoms with Crippen molar-refractivity contribution in [2.45, 2.75) is 23.6 Å². The predicted octanol–water partition coefficient (Wildman–Crippen LogP) is 4.10. The number of hydrogen-bond acceptors (Lipinski definition) is 2. The molecule has 1 amide bonds. The highest BCUT2D eigenvalue weighted by molar-refractivity contribution is 7.99. The second-order valence-electron chi connectivity index (χ2n) is 4.09. The summed E-state index contributed by atoms with van der Waals surface area (Å²) in [7, 11) is 0. The van der Waals surface area contributed by atoms with Gasteiger partial charge in [0.25, 0.3) is 0 Å². The van der Waals surface area contributed by atoms with Crippen molar-refractivity contribution in [3.63, 3.8) is 0 Å². The minimum atomic E-state index is -0.0491. The largest absolute Gasteiger partial charge is 0.325 e. The van der Waals surface area contributed by atoms with E-state index in [-0.39, 0.29) is 5.91 Å². The number of rotatable bonds is 3. The SMILES string of the molecule is CC(=O)Nc1ccccc1Sc1ccc(C)cc1. The first-order chi connectivity index (χ1) is 8.65. The molecule has 3 heteroatoms. The molecule has 0 bridgehead atoms. The molecule has 0 aliphatic carbocycles. The van der Waals surface area contributed by atoms with E-state index in [4.69, 9.17) is 0 Å². The minimum Gasteiger partial charge on any atom is -0.325 e. The van der Waals surface area contributed by atoms with Gasteiger partial charge in [-0.3, -0.25) is 4.79 Å². The van der Waals surface area contributed by atoms with Crippen LogP contribution in [0.3, 0.4) is 0 Å². The molecule has 0 saturated heterocycles. The quantitative estimate of drug-likeness (QED) is 0.896. The Labute approximate surface area is 111 Å². The molecule has 0 heterocycles. The highest BCUT2D eigenvalue weighted by atomic mass is 32.2. The van der Waals surface area contributed by atoms with Gasteiger partial charge in [0, 0.05) is 16.7 Å². The van der Waals surface area contributed by atoms with E-state index in [1.807, 2.05) is 24.3 Å². The van der Waals surface area contributed by atoms with Gasteiger partial charge in [0.05, 0.1) is 5.69 Å². The number of carbonyl (C=O) groups excluding carboxylic acids is 1. The lowest BCUT2D eigenvalue weighted by Gasteiger charge is -2.09. The number of carbonyl (C=O) groups is 1. The first-order valence-electron chi connectivity index (χ1n) is 5.76. The lowest BCUT2D eigenvalue weighted by atomic mass is 10.2. The van der Waals surface area contributed by atoms with Crippen LogP contribution in [-0.2, 0) is 4.79 Å². The highest BCUT2D eigenvalue weighted by Gasteiger charge is 2.04. The number of amides is 1. The van der Waals surface area contributed by atoms with Crippen LogP contribution < -0.4 is 5.32 Å². The first-order valence-corrected chi connectivity index (χ1v) is 6.58. The van der Waals surface area contributed by atoms with E-state index in [1.165, 1.54) is 17.4 Å². The predicted molar refractivity (Wildman–Crippen MR) is 76.0 cm³/mol. The maximum absolute atomic E-state index is 11.1. The van der Waals surface area contributed by atoms with Crippen LogP contribution in [0.5, 0.6) is 0 Å². The molecule has 92 valence electrons. The zero-order valence-electron chi connectivity index (χ0n) is 10.4. The third-order valence-corrected chi connectivity index (χ3v) is 3.53. The fraction of sp³-hybridized carbons (Fsp3) is 0.133. The van der Waals surface area contributed by atoms with Gasteiger partial charge < -0.3 is 5.32 Å². The molecule has 2 nitrogen and oxygen atoms in total. The zero-order chi connectivity index (χ0) is 13.0. The van der Waals surface area contributed by atoms with Gasteiger partial charge in [-0.1, -0.05) is 41.6 Å². The summed E-state index contributed by atoms with van der Waals surface area (Å²) in [4.78, 5) is 13.4. The summed E-state index contributed by atoms with van der Waals surface area (Å²) >= 11 is 1.65. The second kappa shape index (κ2) is 5.74. The van der Waals surface area contributed by atoms with Crippen LogP contribution in [-0.4, -0.2) is 5.91 Å². The van der Waals surface area contributed by atoms with E-state index in [9.17, 15) is 4.79 Å². The summed E-state index contributed by atoms with van der Waals surface area (Å²) in [6, 6.07) is 16.2. The molecule has 0 saturated carbocycles. The molecular weight excluding hydrogens is 242 g/mol. The van der Waals surface area contributed by atoms with E-state index in [0.717, 1.165) is 10.6 Å². The topological polar surface area (TPSA) is 29.1 Å². The van der Waals surface area contributed by atoms with Crippen LogP contribution in [0.2, 0.25) is 0 Å². The summed E-state index contributed by atoms with van der Waals surface area (Å²) in [6.45, 7) is 3.59. The molecular formula is C15H15NOS. The summed E-state index contributed by atoms with van der Waals surface area (Å²) in [6.07, 6.45) is 0. The number of aryl methyl sites for hydroxylation is 1. The van der Waals surface area contributed by atoms with Crippen molar-refractivity contribution in [2.75, 3.05) is 5.32 Å². The summed E-state index contributed by atoms with van der Waals surface area (Å²) in [5.41, 5.74) is 2.10. The van der Waals surface area contributed by atoms with Gasteiger partial charge in [0.15, 0.2) is 0 Å². The molecule has 18 heavy (non-hydrogen) atoms. The fourth-order valence-corrected chi connectivity index (χ4v) is 2.48. The van der Waals surface area contributed by atoms with Crippen LogP contribution in [0.15, 0.2) is 58.3 Å². The molecule has 2 aromatic rings. The minimum absolute atomic E-state index is 0.0491. The van der Waals surface area contributed by atoms with Crippen molar-refractivity contribution in [2.24, 2.45) is 0 Å². The van der Waals surface area contributed by atoms with E-state index < -0.39 is 0 Å². The molecule has 0 unspecified atom stereocenters. The first kappa shape index (κ1) is 12.7. The summed E-state index contributed by atoms with van der Waals surface area (Å²) in [5.74, 6) is -0.0491. The van der Waals surface area contributed by atoms with Gasteiger partial charge in [-0.25, -0.2) is 0 Å². The zero-order valence-corrected chi connectivity index (χ0v) is 11.3. The third kappa shape index (κ3) is 3.37. The number of hydrogen-bond donors (Lipinski definition) is 1. The molecule has 0 spiro atoms. The average molecular weight is 257 g/mol. The van der Waals surface area contributed by atoms with E-state index in [1.54, 1.807) is 11.8 Å². The van der Waals surface area contributed by atoms with Crippen molar-refractivity contribution >= 4 is 23.4 Å². The molecule has 0 aliphatic heterocycles. The lowest BCUT2D eigenvalue weighted by molar-refractivity contribution is -0.114. The Hall–Kier alpha value is -1.74. The van der Waals surface area contributed by atoms with Crippen LogP contribution in [0.25, 0.3) is 0 Å². The van der Waals surface area contributed by atoms with Gasteiger partial charge in [0.1, 0.15) is 0 Å². The van der Waals surface area contributed by atoms with Crippen molar-refractivity contribution in [3.8, 4) is 0 Å². The maximum Gasteiger partial charge on any atom is 0.221 e. The number of nitrogens with one attached hydrogen (secondary N) is 1. The van der Waals surface area contributed by atoms with Gasteiger partial charge in [-0.15, -0.1) is 0 Å². The van der Waals surface area contributed by atoms with Crippen molar-refractivity contribution in [3.05, 3.63) is 54.1 Å². The van der Waals surface area contributed by atoms with Crippen molar-refractivity contribution in [1.29, 1.82) is 0 Å². The van der Waals surface area contributed by atoms with Crippen LogP contribution in [0.1, 0.15) is 12.5 Å². The van der Waals surface area contributed by atoms with Crippen molar-refractivity contribution < 1.29 is 4.79 Å². The molecule has 0 aliphatic rings. The van der Waals surface area contributed by atoms with Crippen molar-refractivity contribution in [1.82, 2.24) is 0 Å². The van der Waals surface area contributed by atoms with Crippen LogP contribution in [0, 0.1) is 6.92 Å². The number of anilines is 1. The van der Waals surface area contributed by atoms with E-state index in [2.05, 4.69) is 36.5 Å². The fourth-order valence-electron chi connectivity index (χ4n) is 1.58. The number of benzene rings is 2. The van der Waals surface area contributed by atoms with Crippen LogP contribution in [0.4, 0.5) is 5.69 Å². The molecule has 2 aromatic carbocycles. The van der Waals surface area contributed by atoms with Gasteiger partial charge >= 0.3 is 0 Å². The Morgan fingerprint density at radius 1 is 1.06 bits per heavy atom. The van der Waals surface area contributed by atoms with Gasteiger partial charge in [-0.05, 0) is 31.2 Å². The maximum atomic E-state index is 11.1. The Kier molecular flexibility index (Phi) is 4.05. The van der Waals surface area contributed by atoms with E-state index >= 15 is 0 Å². The Morgan fingerprint density at radius 2 is 1.72 bits per heavy atom. The Balaban J connectivity index is 2.23. The Morgan fingerprint density at radius 3 is 2.39 bits per heavy atom. The highest BCUT2D eigenvalue weighted by Crippen LogP contribution is 2.33. The second-order valence-corrected chi connectivity index (χ2v) is 5.21. The van der Waals surface area contributed by atoms with Crippen LogP contribution >= 0.6 is 11.8 Å².